The Bertz CT molecular complexity index is 1180. The van der Waals surface area contributed by atoms with Crippen LogP contribution in [0.2, 0.25) is 0 Å². The molecule has 4 rings (SSSR count). The van der Waals surface area contributed by atoms with Crippen LogP contribution in [0.1, 0.15) is 44.2 Å². The molecule has 1 saturated heterocycles. The molecule has 3 aromatic rings. The first kappa shape index (κ1) is 25.0. The Morgan fingerprint density at radius 2 is 1.69 bits per heavy atom. The zero-order chi connectivity index (χ0) is 25.2. The number of aromatic nitrogens is 2. The van der Waals surface area contributed by atoms with Crippen LogP contribution in [0, 0.1) is 0 Å². The second-order valence-electron chi connectivity index (χ2n) is 9.44. The van der Waals surface area contributed by atoms with E-state index in [1.165, 1.54) is 0 Å². The first-order valence-electron chi connectivity index (χ1n) is 11.3. The van der Waals surface area contributed by atoms with Crippen molar-refractivity contribution >= 4 is 22.5 Å². The van der Waals surface area contributed by atoms with Gasteiger partial charge in [-0.25, -0.2) is 4.79 Å². The van der Waals surface area contributed by atoms with Gasteiger partial charge in [0.15, 0.2) is 0 Å². The number of halogens is 2. The summed E-state index contributed by atoms with van der Waals surface area (Å²) in [5, 5.41) is 7.04. The van der Waals surface area contributed by atoms with E-state index in [0.29, 0.717) is 36.7 Å². The van der Waals surface area contributed by atoms with Crippen LogP contribution in [0.5, 0.6) is 0 Å². The lowest BCUT2D eigenvalue weighted by Gasteiger charge is -2.33. The van der Waals surface area contributed by atoms with E-state index >= 15 is 0 Å². The van der Waals surface area contributed by atoms with Gasteiger partial charge in [0, 0.05) is 46.6 Å². The van der Waals surface area contributed by atoms with Crippen LogP contribution in [-0.2, 0) is 22.8 Å². The number of urea groups is 1. The minimum atomic E-state index is -2.83. The number of amides is 2. The van der Waals surface area contributed by atoms with Crippen LogP contribution < -0.4 is 4.90 Å². The minimum Gasteiger partial charge on any atom is -0.415 e. The maximum atomic E-state index is 13.5. The summed E-state index contributed by atoms with van der Waals surface area (Å²) < 4.78 is 42.3. The van der Waals surface area contributed by atoms with E-state index in [2.05, 4.69) is 31.0 Å². The van der Waals surface area contributed by atoms with E-state index in [0.717, 1.165) is 16.8 Å². The zero-order valence-corrected chi connectivity index (χ0v) is 20.7. The van der Waals surface area contributed by atoms with Gasteiger partial charge in [0.2, 0.25) is 5.89 Å². The van der Waals surface area contributed by atoms with Crippen molar-refractivity contribution in [2.45, 2.75) is 39.2 Å². The third kappa shape index (κ3) is 5.93. The highest BCUT2D eigenvalue weighted by Gasteiger charge is 2.26. The molecule has 0 N–H and O–H groups in total. The van der Waals surface area contributed by atoms with Crippen LogP contribution >= 0.6 is 0 Å². The molecule has 0 radical (unpaired) electrons. The van der Waals surface area contributed by atoms with Gasteiger partial charge in [0.25, 0.3) is 5.89 Å². The summed E-state index contributed by atoms with van der Waals surface area (Å²) in [6, 6.07) is 14.8. The Balaban J connectivity index is 1.58. The lowest BCUT2D eigenvalue weighted by atomic mass is 9.87. The molecule has 0 aliphatic carbocycles. The van der Waals surface area contributed by atoms with E-state index in [9.17, 15) is 17.8 Å². The number of hydrogen-bond acceptors (Lipinski definition) is 5. The maximum absolute atomic E-state index is 13.5. The number of carbonyl (C=O) groups excluding carboxylic acids is 1. The molecule has 0 saturated carbocycles. The summed E-state index contributed by atoms with van der Waals surface area (Å²) in [5.41, 5.74) is 3.26. The fourth-order valence-corrected chi connectivity index (χ4v) is 4.84. The number of alkyl halides is 2. The predicted molar refractivity (Wildman–Crippen MR) is 131 cm³/mol. The molecule has 2 heterocycles. The molecular weight excluding hydrogens is 474 g/mol. The van der Waals surface area contributed by atoms with Crippen LogP contribution in [0.15, 0.2) is 52.9 Å². The van der Waals surface area contributed by atoms with Gasteiger partial charge in [-0.15, -0.1) is 10.2 Å². The summed E-state index contributed by atoms with van der Waals surface area (Å²) in [6.07, 6.45) is -2.83. The lowest BCUT2D eigenvalue weighted by Crippen LogP contribution is -2.48. The molecule has 1 aromatic heterocycles. The van der Waals surface area contributed by atoms with Crippen molar-refractivity contribution in [3.63, 3.8) is 0 Å². The normalized spacial score (nSPS) is 15.0. The minimum absolute atomic E-state index is 0.0128. The maximum Gasteiger partial charge on any atom is 0.324 e. The standard InChI is InChI=1S/C25H28F2N4O3S/c1-25(2,3)19-8-10-20(11-9-19)31(24(32)30-12-14-35(33)15-13-30)16-17-4-6-18(7-5-17)22-28-29-23(34-22)21(26)27/h4-11,21H,12-16H2,1-3H3. The first-order valence-corrected chi connectivity index (χ1v) is 12.8. The second kappa shape index (κ2) is 10.2. The molecule has 2 aromatic carbocycles. The molecule has 7 nitrogen and oxygen atoms in total. The highest BCUT2D eigenvalue weighted by molar-refractivity contribution is 7.85. The molecule has 35 heavy (non-hydrogen) atoms. The third-order valence-electron chi connectivity index (χ3n) is 5.89. The van der Waals surface area contributed by atoms with Crippen molar-refractivity contribution in [3.8, 4) is 11.5 Å². The Morgan fingerprint density at radius 1 is 1.06 bits per heavy atom. The molecule has 0 atom stereocenters. The summed E-state index contributed by atoms with van der Waals surface area (Å²) in [4.78, 5) is 16.9. The molecule has 186 valence electrons. The smallest absolute Gasteiger partial charge is 0.324 e. The van der Waals surface area contributed by atoms with E-state index in [4.69, 9.17) is 4.42 Å². The quantitative estimate of drug-likeness (QED) is 0.481. The number of hydrogen-bond donors (Lipinski definition) is 0. The van der Waals surface area contributed by atoms with Crippen molar-refractivity contribution in [2.75, 3.05) is 29.5 Å². The predicted octanol–water partition coefficient (Wildman–Crippen LogP) is 5.16. The molecule has 0 unspecified atom stereocenters. The summed E-state index contributed by atoms with van der Waals surface area (Å²) in [5.74, 6) is 0.241. The van der Waals surface area contributed by atoms with Gasteiger partial charge >= 0.3 is 12.5 Å². The number of rotatable bonds is 5. The van der Waals surface area contributed by atoms with Gasteiger partial charge in [-0.05, 0) is 40.8 Å². The van der Waals surface area contributed by atoms with Crippen molar-refractivity contribution < 1.29 is 22.2 Å². The van der Waals surface area contributed by atoms with Crippen molar-refractivity contribution in [1.82, 2.24) is 15.1 Å². The van der Waals surface area contributed by atoms with Gasteiger partial charge in [0.05, 0.1) is 6.54 Å². The Morgan fingerprint density at radius 3 is 2.23 bits per heavy atom. The van der Waals surface area contributed by atoms with E-state index in [-0.39, 0.29) is 17.3 Å². The van der Waals surface area contributed by atoms with Crippen molar-refractivity contribution in [1.29, 1.82) is 0 Å². The number of anilines is 1. The van der Waals surface area contributed by atoms with Crippen molar-refractivity contribution in [3.05, 3.63) is 65.5 Å². The SMILES string of the molecule is CC(C)(C)c1ccc(N(Cc2ccc(-c3nnc(C(F)F)o3)cc2)C(=O)N2CCS(=O)CC2)cc1. The van der Waals surface area contributed by atoms with E-state index in [1.807, 2.05) is 24.3 Å². The molecule has 1 fully saturated rings. The molecule has 0 bridgehead atoms. The van der Waals surface area contributed by atoms with Crippen LogP contribution in [0.3, 0.4) is 0 Å². The summed E-state index contributed by atoms with van der Waals surface area (Å²) >= 11 is 0. The fourth-order valence-electron chi connectivity index (χ4n) is 3.79. The molecule has 1 aliphatic rings. The van der Waals surface area contributed by atoms with E-state index in [1.54, 1.807) is 34.1 Å². The second-order valence-corrected chi connectivity index (χ2v) is 11.1. The van der Waals surface area contributed by atoms with Gasteiger partial charge in [-0.1, -0.05) is 45.0 Å². The van der Waals surface area contributed by atoms with Crippen LogP contribution in [0.4, 0.5) is 19.3 Å². The Hall–Kier alpha value is -3.14. The number of nitrogens with zero attached hydrogens (tertiary/aromatic N) is 4. The highest BCUT2D eigenvalue weighted by Crippen LogP contribution is 2.28. The number of carbonyl (C=O) groups is 1. The number of benzene rings is 2. The molecule has 1 aliphatic heterocycles. The van der Waals surface area contributed by atoms with Gasteiger partial charge < -0.3 is 9.32 Å². The summed E-state index contributed by atoms with van der Waals surface area (Å²) in [6.45, 7) is 7.60. The Kier molecular flexibility index (Phi) is 7.30. The van der Waals surface area contributed by atoms with Gasteiger partial charge in [-0.3, -0.25) is 9.11 Å². The van der Waals surface area contributed by atoms with Gasteiger partial charge in [-0.2, -0.15) is 8.78 Å². The molecule has 0 spiro atoms. The lowest BCUT2D eigenvalue weighted by molar-refractivity contribution is 0.116. The fraction of sp³-hybridized carbons (Fsp3) is 0.400. The van der Waals surface area contributed by atoms with Gasteiger partial charge in [0.1, 0.15) is 0 Å². The average Bonchev–Trinajstić information content (AvgIpc) is 3.33. The zero-order valence-electron chi connectivity index (χ0n) is 19.9. The van der Waals surface area contributed by atoms with E-state index < -0.39 is 23.1 Å². The van der Waals surface area contributed by atoms with Crippen molar-refractivity contribution in [2.24, 2.45) is 0 Å². The molecular formula is C25H28F2N4O3S. The third-order valence-corrected chi connectivity index (χ3v) is 7.17. The summed E-state index contributed by atoms with van der Waals surface area (Å²) in [7, 11) is -0.888. The topological polar surface area (TPSA) is 79.5 Å². The van der Waals surface area contributed by atoms with Crippen LogP contribution in [-0.4, -0.2) is 49.9 Å². The monoisotopic (exact) mass is 502 g/mol. The first-order chi connectivity index (χ1) is 16.6. The Labute approximate surface area is 205 Å². The highest BCUT2D eigenvalue weighted by atomic mass is 32.2. The average molecular weight is 503 g/mol. The largest absolute Gasteiger partial charge is 0.415 e. The molecule has 10 heteroatoms. The van der Waals surface area contributed by atoms with Crippen LogP contribution in [0.25, 0.3) is 11.5 Å². The molecule has 2 amide bonds.